The fraction of sp³-hybridized carbons (Fsp3) is 0.231. The maximum Gasteiger partial charge on any atom is 0.252 e. The van der Waals surface area contributed by atoms with E-state index < -0.39 is 10.0 Å². The van der Waals surface area contributed by atoms with Crippen molar-refractivity contribution >= 4 is 37.3 Å². The number of hydrogen-bond acceptors (Lipinski definition) is 4. The summed E-state index contributed by atoms with van der Waals surface area (Å²) in [5.74, 6) is 0. The lowest BCUT2D eigenvalue weighted by Gasteiger charge is -2.20. The molecular weight excluding hydrogens is 362 g/mol. The van der Waals surface area contributed by atoms with Gasteiger partial charge in [-0.25, -0.2) is 8.42 Å². The average molecular weight is 376 g/mol. The summed E-state index contributed by atoms with van der Waals surface area (Å²) in [6, 6.07) is 12.6. The number of aliphatic hydroxyl groups is 1. The lowest BCUT2D eigenvalue weighted by Crippen LogP contribution is -2.32. The van der Waals surface area contributed by atoms with Crippen molar-refractivity contribution in [1.82, 2.24) is 4.31 Å². The van der Waals surface area contributed by atoms with Crippen LogP contribution in [0.15, 0.2) is 50.5 Å². The number of hydrogen-bond donors (Lipinski definition) is 1. The summed E-state index contributed by atoms with van der Waals surface area (Å²) in [5, 5.41) is 9.12. The van der Waals surface area contributed by atoms with E-state index in [-0.39, 0.29) is 23.9 Å². The van der Waals surface area contributed by atoms with E-state index in [2.05, 4.69) is 15.9 Å². The average Bonchev–Trinajstić information content (AvgIpc) is 2.87. The highest BCUT2D eigenvalue weighted by Gasteiger charge is 2.25. The second kappa shape index (κ2) is 6.82. The Labute approximate surface area is 130 Å². The molecule has 0 saturated heterocycles. The van der Waals surface area contributed by atoms with Crippen LogP contribution in [0.25, 0.3) is 0 Å². The van der Waals surface area contributed by atoms with E-state index in [1.165, 1.54) is 4.31 Å². The fourth-order valence-corrected chi connectivity index (χ4v) is 5.33. The van der Waals surface area contributed by atoms with Crippen LogP contribution in [0.2, 0.25) is 0 Å². The molecule has 7 heteroatoms. The van der Waals surface area contributed by atoms with Crippen LogP contribution in [0.5, 0.6) is 0 Å². The molecular formula is C13H14BrNO3S2. The summed E-state index contributed by atoms with van der Waals surface area (Å²) in [4.78, 5) is 0. The molecule has 0 radical (unpaired) electrons. The van der Waals surface area contributed by atoms with Gasteiger partial charge in [0, 0.05) is 13.1 Å². The van der Waals surface area contributed by atoms with E-state index >= 15 is 0 Å². The Hall–Kier alpha value is -0.730. The van der Waals surface area contributed by atoms with Gasteiger partial charge in [-0.3, -0.25) is 0 Å². The summed E-state index contributed by atoms with van der Waals surface area (Å²) >= 11 is 4.43. The normalized spacial score (nSPS) is 11.9. The zero-order valence-electron chi connectivity index (χ0n) is 10.6. The lowest BCUT2D eigenvalue weighted by atomic mass is 10.2. The van der Waals surface area contributed by atoms with Crippen LogP contribution in [0, 0.1) is 0 Å². The first-order valence-electron chi connectivity index (χ1n) is 5.94. The Kier molecular flexibility index (Phi) is 5.34. The second-order valence-electron chi connectivity index (χ2n) is 4.11. The minimum Gasteiger partial charge on any atom is -0.395 e. The number of halogens is 1. The standard InChI is InChI=1S/C13H14BrNO3S2/c14-12-6-7-13(19-12)20(17,18)15(8-9-16)10-11-4-2-1-3-5-11/h1-7,16H,8-10H2. The van der Waals surface area contributed by atoms with Gasteiger partial charge >= 0.3 is 0 Å². The molecule has 0 bridgehead atoms. The van der Waals surface area contributed by atoms with Gasteiger partial charge in [0.1, 0.15) is 4.21 Å². The summed E-state index contributed by atoms with van der Waals surface area (Å²) in [7, 11) is -3.58. The van der Waals surface area contributed by atoms with E-state index in [9.17, 15) is 8.42 Å². The van der Waals surface area contributed by atoms with Crippen LogP contribution >= 0.6 is 27.3 Å². The van der Waals surface area contributed by atoms with Crippen LogP contribution in [-0.2, 0) is 16.6 Å². The number of nitrogens with zero attached hydrogens (tertiary/aromatic N) is 1. The molecule has 0 atom stereocenters. The van der Waals surface area contributed by atoms with Crippen molar-refractivity contribution in [3.63, 3.8) is 0 Å². The van der Waals surface area contributed by atoms with Gasteiger partial charge in [-0.15, -0.1) is 11.3 Å². The Balaban J connectivity index is 2.28. The zero-order chi connectivity index (χ0) is 14.6. The van der Waals surface area contributed by atoms with E-state index in [1.54, 1.807) is 12.1 Å². The molecule has 0 saturated carbocycles. The van der Waals surface area contributed by atoms with E-state index in [4.69, 9.17) is 5.11 Å². The monoisotopic (exact) mass is 375 g/mol. The Morgan fingerprint density at radius 1 is 1.15 bits per heavy atom. The minimum atomic E-state index is -3.58. The summed E-state index contributed by atoms with van der Waals surface area (Å²) in [5.41, 5.74) is 0.889. The maximum atomic E-state index is 12.5. The van der Waals surface area contributed by atoms with Gasteiger partial charge in [0.05, 0.1) is 10.4 Å². The van der Waals surface area contributed by atoms with Crippen LogP contribution in [-0.4, -0.2) is 31.0 Å². The molecule has 0 fully saturated rings. The van der Waals surface area contributed by atoms with Crippen LogP contribution in [0.4, 0.5) is 0 Å². The van der Waals surface area contributed by atoms with E-state index in [0.717, 1.165) is 20.7 Å². The van der Waals surface area contributed by atoms with Crippen molar-refractivity contribution < 1.29 is 13.5 Å². The van der Waals surface area contributed by atoms with E-state index in [1.807, 2.05) is 30.3 Å². The first-order valence-corrected chi connectivity index (χ1v) is 8.99. The largest absolute Gasteiger partial charge is 0.395 e. The van der Waals surface area contributed by atoms with Gasteiger partial charge < -0.3 is 5.11 Å². The van der Waals surface area contributed by atoms with Gasteiger partial charge in [-0.05, 0) is 33.6 Å². The fourth-order valence-electron chi connectivity index (χ4n) is 1.75. The summed E-state index contributed by atoms with van der Waals surface area (Å²) < 4.78 is 27.4. The molecule has 0 aliphatic carbocycles. The van der Waals surface area contributed by atoms with Crippen molar-refractivity contribution in [2.24, 2.45) is 0 Å². The second-order valence-corrected chi connectivity index (χ2v) is 8.73. The molecule has 1 N–H and O–H groups in total. The quantitative estimate of drug-likeness (QED) is 0.844. The van der Waals surface area contributed by atoms with E-state index in [0.29, 0.717) is 0 Å². The Morgan fingerprint density at radius 2 is 1.85 bits per heavy atom. The lowest BCUT2D eigenvalue weighted by molar-refractivity contribution is 0.251. The molecule has 0 aliphatic rings. The van der Waals surface area contributed by atoms with Crippen LogP contribution in [0.1, 0.15) is 5.56 Å². The van der Waals surface area contributed by atoms with Crippen LogP contribution in [0.3, 0.4) is 0 Å². The van der Waals surface area contributed by atoms with Gasteiger partial charge in [0.2, 0.25) is 0 Å². The number of aliphatic hydroxyl groups excluding tert-OH is 1. The number of benzene rings is 1. The van der Waals surface area contributed by atoms with Gasteiger partial charge in [-0.1, -0.05) is 30.3 Å². The molecule has 0 aliphatic heterocycles. The molecule has 2 aromatic rings. The molecule has 1 heterocycles. The maximum absolute atomic E-state index is 12.5. The molecule has 4 nitrogen and oxygen atoms in total. The highest BCUT2D eigenvalue weighted by molar-refractivity contribution is 9.11. The molecule has 1 aromatic heterocycles. The first-order chi connectivity index (χ1) is 9.54. The molecule has 108 valence electrons. The molecule has 20 heavy (non-hydrogen) atoms. The predicted octanol–water partition coefficient (Wildman–Crippen LogP) is 2.69. The molecule has 2 rings (SSSR count). The van der Waals surface area contributed by atoms with Gasteiger partial charge in [0.15, 0.2) is 0 Å². The Morgan fingerprint density at radius 3 is 2.40 bits per heavy atom. The zero-order valence-corrected chi connectivity index (χ0v) is 13.8. The number of sulfonamides is 1. The summed E-state index contributed by atoms with van der Waals surface area (Å²) in [6.07, 6.45) is 0. The molecule has 0 spiro atoms. The van der Waals surface area contributed by atoms with Crippen molar-refractivity contribution in [1.29, 1.82) is 0 Å². The van der Waals surface area contributed by atoms with Gasteiger partial charge in [-0.2, -0.15) is 4.31 Å². The number of rotatable bonds is 6. The topological polar surface area (TPSA) is 57.6 Å². The van der Waals surface area contributed by atoms with Gasteiger partial charge in [0.25, 0.3) is 10.0 Å². The SMILES string of the molecule is O=S(=O)(c1ccc(Br)s1)N(CCO)Cc1ccccc1. The molecule has 1 aromatic carbocycles. The van der Waals surface area contributed by atoms with Crippen LogP contribution < -0.4 is 0 Å². The highest BCUT2D eigenvalue weighted by atomic mass is 79.9. The smallest absolute Gasteiger partial charge is 0.252 e. The van der Waals surface area contributed by atoms with Crippen molar-refractivity contribution in [3.05, 3.63) is 51.8 Å². The summed E-state index contributed by atoms with van der Waals surface area (Å²) in [6.45, 7) is 0.116. The van der Waals surface area contributed by atoms with Crippen molar-refractivity contribution in [3.8, 4) is 0 Å². The third kappa shape index (κ3) is 3.67. The molecule has 0 unspecified atom stereocenters. The Bertz CT molecular complexity index is 655. The van der Waals surface area contributed by atoms with Crippen molar-refractivity contribution in [2.45, 2.75) is 10.8 Å². The number of thiophene rings is 1. The first kappa shape index (κ1) is 15.7. The highest BCUT2D eigenvalue weighted by Crippen LogP contribution is 2.29. The minimum absolute atomic E-state index is 0.0761. The predicted molar refractivity (Wildman–Crippen MR) is 83.1 cm³/mol. The third-order valence-electron chi connectivity index (χ3n) is 2.69. The third-order valence-corrected chi connectivity index (χ3v) is 6.63. The van der Waals surface area contributed by atoms with Crippen molar-refractivity contribution in [2.75, 3.05) is 13.2 Å². The molecule has 0 amide bonds.